The van der Waals surface area contributed by atoms with Gasteiger partial charge in [-0.2, -0.15) is 0 Å². The number of Topliss-reactive ketones (excluding diaryl/α,β-unsaturated/α-hetero) is 1. The molecule has 0 bridgehead atoms. The van der Waals surface area contributed by atoms with E-state index in [1.165, 1.54) is 12.3 Å². The number of carbonyl (C=O) groups is 2. The van der Waals surface area contributed by atoms with Crippen LogP contribution in [-0.2, 0) is 0 Å². The lowest BCUT2D eigenvalue weighted by atomic mass is 10.1. The topological polar surface area (TPSA) is 73.1 Å². The van der Waals surface area contributed by atoms with E-state index in [4.69, 9.17) is 5.73 Å². The Balaban J connectivity index is 3.13. The molecule has 0 saturated carbocycles. The Hall–Kier alpha value is -1.55. The number of hydrogen-bond acceptors (Lipinski definition) is 4. The average molecular weight is 164 g/mol. The molecular formula is C8H8N2O2. The van der Waals surface area contributed by atoms with Gasteiger partial charge in [0, 0.05) is 11.8 Å². The van der Waals surface area contributed by atoms with Crippen molar-refractivity contribution in [2.24, 2.45) is 5.73 Å². The second kappa shape index (κ2) is 3.73. The van der Waals surface area contributed by atoms with E-state index in [1.807, 2.05) is 0 Å². The molecule has 12 heavy (non-hydrogen) atoms. The van der Waals surface area contributed by atoms with E-state index in [1.54, 1.807) is 6.07 Å². The van der Waals surface area contributed by atoms with Gasteiger partial charge in [-0.1, -0.05) is 0 Å². The third-order valence-electron chi connectivity index (χ3n) is 1.42. The number of nitrogens with two attached hydrogens (primary N) is 1. The minimum Gasteiger partial charge on any atom is -0.324 e. The molecule has 0 unspecified atom stereocenters. The van der Waals surface area contributed by atoms with Crippen LogP contribution in [0.2, 0.25) is 0 Å². The van der Waals surface area contributed by atoms with Crippen LogP contribution in [0.4, 0.5) is 0 Å². The fraction of sp³-hybridized carbons (Fsp3) is 0.125. The van der Waals surface area contributed by atoms with Gasteiger partial charge in [-0.05, 0) is 12.1 Å². The number of aldehydes is 1. The summed E-state index contributed by atoms with van der Waals surface area (Å²) in [5.74, 6) is -0.322. The van der Waals surface area contributed by atoms with Gasteiger partial charge in [0.25, 0.3) is 0 Å². The lowest BCUT2D eigenvalue weighted by molar-refractivity contribution is 0.0989. The monoisotopic (exact) mass is 164 g/mol. The Morgan fingerprint density at radius 2 is 2.42 bits per heavy atom. The van der Waals surface area contributed by atoms with E-state index in [0.717, 1.165) is 0 Å². The van der Waals surface area contributed by atoms with Gasteiger partial charge in [-0.15, -0.1) is 0 Å². The zero-order valence-electron chi connectivity index (χ0n) is 6.36. The maximum Gasteiger partial charge on any atom is 0.195 e. The van der Waals surface area contributed by atoms with Crippen molar-refractivity contribution >= 4 is 12.1 Å². The van der Waals surface area contributed by atoms with E-state index >= 15 is 0 Å². The molecule has 0 atom stereocenters. The molecule has 4 nitrogen and oxygen atoms in total. The summed E-state index contributed by atoms with van der Waals surface area (Å²) in [7, 11) is 0. The van der Waals surface area contributed by atoms with Crippen molar-refractivity contribution in [2.75, 3.05) is 6.54 Å². The molecular weight excluding hydrogens is 156 g/mol. The SMILES string of the molecule is NCC(=O)c1ncccc1C=O. The molecule has 0 spiro atoms. The van der Waals surface area contributed by atoms with Gasteiger partial charge in [0.1, 0.15) is 5.69 Å². The summed E-state index contributed by atoms with van der Waals surface area (Å²) in [6.07, 6.45) is 2.05. The van der Waals surface area contributed by atoms with Crippen LogP contribution in [0.15, 0.2) is 18.3 Å². The van der Waals surface area contributed by atoms with Crippen LogP contribution in [0.5, 0.6) is 0 Å². The van der Waals surface area contributed by atoms with Crippen LogP contribution in [0, 0.1) is 0 Å². The number of rotatable bonds is 3. The molecule has 0 fully saturated rings. The van der Waals surface area contributed by atoms with Gasteiger partial charge in [0.2, 0.25) is 0 Å². The zero-order chi connectivity index (χ0) is 8.97. The van der Waals surface area contributed by atoms with Gasteiger partial charge >= 0.3 is 0 Å². The van der Waals surface area contributed by atoms with Crippen molar-refractivity contribution in [3.05, 3.63) is 29.6 Å². The maximum absolute atomic E-state index is 11.0. The van der Waals surface area contributed by atoms with Crippen LogP contribution < -0.4 is 5.73 Å². The Bertz CT molecular complexity index is 310. The maximum atomic E-state index is 11.0. The van der Waals surface area contributed by atoms with Crippen molar-refractivity contribution < 1.29 is 9.59 Å². The van der Waals surface area contributed by atoms with E-state index < -0.39 is 0 Å². The molecule has 0 aromatic carbocycles. The Morgan fingerprint density at radius 1 is 1.67 bits per heavy atom. The predicted octanol–water partition coefficient (Wildman–Crippen LogP) is 0.0355. The Labute approximate surface area is 69.4 Å². The van der Waals surface area contributed by atoms with Crippen molar-refractivity contribution in [3.63, 3.8) is 0 Å². The van der Waals surface area contributed by atoms with Gasteiger partial charge < -0.3 is 5.73 Å². The summed E-state index contributed by atoms with van der Waals surface area (Å²) >= 11 is 0. The van der Waals surface area contributed by atoms with Crippen LogP contribution >= 0.6 is 0 Å². The van der Waals surface area contributed by atoms with Crippen molar-refractivity contribution in [1.29, 1.82) is 0 Å². The van der Waals surface area contributed by atoms with Crippen molar-refractivity contribution in [3.8, 4) is 0 Å². The molecule has 0 radical (unpaired) electrons. The molecule has 0 amide bonds. The quantitative estimate of drug-likeness (QED) is 0.505. The summed E-state index contributed by atoms with van der Waals surface area (Å²) in [6, 6.07) is 3.12. The summed E-state index contributed by atoms with van der Waals surface area (Å²) in [5, 5.41) is 0. The van der Waals surface area contributed by atoms with E-state index in [-0.39, 0.29) is 23.6 Å². The Kier molecular flexibility index (Phi) is 2.66. The minimum atomic E-state index is -0.322. The highest BCUT2D eigenvalue weighted by Crippen LogP contribution is 2.01. The van der Waals surface area contributed by atoms with Crippen LogP contribution in [0.3, 0.4) is 0 Å². The van der Waals surface area contributed by atoms with E-state index in [0.29, 0.717) is 6.29 Å². The summed E-state index contributed by atoms with van der Waals surface area (Å²) in [5.41, 5.74) is 5.56. The number of carbonyl (C=O) groups excluding carboxylic acids is 2. The van der Waals surface area contributed by atoms with Crippen molar-refractivity contribution in [2.45, 2.75) is 0 Å². The van der Waals surface area contributed by atoms with Gasteiger partial charge in [-0.3, -0.25) is 14.6 Å². The largest absolute Gasteiger partial charge is 0.324 e. The molecule has 0 aliphatic carbocycles. The number of hydrogen-bond donors (Lipinski definition) is 1. The highest BCUT2D eigenvalue weighted by Gasteiger charge is 2.09. The number of pyridine rings is 1. The molecule has 1 heterocycles. The van der Waals surface area contributed by atoms with Crippen LogP contribution in [0.1, 0.15) is 20.8 Å². The number of ketones is 1. The molecule has 62 valence electrons. The van der Waals surface area contributed by atoms with Crippen LogP contribution in [0.25, 0.3) is 0 Å². The third-order valence-corrected chi connectivity index (χ3v) is 1.42. The second-order valence-corrected chi connectivity index (χ2v) is 2.19. The summed E-state index contributed by atoms with van der Waals surface area (Å²) in [4.78, 5) is 25.2. The van der Waals surface area contributed by atoms with Gasteiger partial charge in [0.05, 0.1) is 6.54 Å². The lowest BCUT2D eigenvalue weighted by Gasteiger charge is -1.98. The lowest BCUT2D eigenvalue weighted by Crippen LogP contribution is -2.16. The normalized spacial score (nSPS) is 9.42. The van der Waals surface area contributed by atoms with Gasteiger partial charge in [-0.25, -0.2) is 0 Å². The highest BCUT2D eigenvalue weighted by molar-refractivity contribution is 6.01. The smallest absolute Gasteiger partial charge is 0.195 e. The highest BCUT2D eigenvalue weighted by atomic mass is 16.1. The first-order valence-corrected chi connectivity index (χ1v) is 3.43. The second-order valence-electron chi connectivity index (χ2n) is 2.19. The Morgan fingerprint density at radius 3 is 3.00 bits per heavy atom. The fourth-order valence-corrected chi connectivity index (χ4v) is 0.842. The zero-order valence-corrected chi connectivity index (χ0v) is 6.36. The fourth-order valence-electron chi connectivity index (χ4n) is 0.842. The molecule has 0 aliphatic rings. The van der Waals surface area contributed by atoms with Crippen molar-refractivity contribution in [1.82, 2.24) is 4.98 Å². The van der Waals surface area contributed by atoms with Gasteiger partial charge in [0.15, 0.2) is 12.1 Å². The number of nitrogens with zero attached hydrogens (tertiary/aromatic N) is 1. The summed E-state index contributed by atoms with van der Waals surface area (Å²) in [6.45, 7) is -0.127. The van der Waals surface area contributed by atoms with Crippen LogP contribution in [-0.4, -0.2) is 23.6 Å². The first-order chi connectivity index (χ1) is 5.79. The first-order valence-electron chi connectivity index (χ1n) is 3.43. The molecule has 1 aromatic heterocycles. The predicted molar refractivity (Wildman–Crippen MR) is 43.0 cm³/mol. The van der Waals surface area contributed by atoms with E-state index in [9.17, 15) is 9.59 Å². The van der Waals surface area contributed by atoms with E-state index in [2.05, 4.69) is 4.98 Å². The summed E-state index contributed by atoms with van der Waals surface area (Å²) < 4.78 is 0. The molecule has 2 N–H and O–H groups in total. The average Bonchev–Trinajstić information content (AvgIpc) is 2.16. The number of aromatic nitrogens is 1. The molecule has 0 aliphatic heterocycles. The molecule has 4 heteroatoms. The third kappa shape index (κ3) is 1.54. The first kappa shape index (κ1) is 8.55. The molecule has 1 rings (SSSR count). The standard InChI is InChI=1S/C8H8N2O2/c9-4-7(12)8-6(5-11)2-1-3-10-8/h1-3,5H,4,9H2. The minimum absolute atomic E-state index is 0.127. The molecule has 0 saturated heterocycles. The molecule has 1 aromatic rings.